The Morgan fingerprint density at radius 3 is 2.74 bits per heavy atom. The van der Waals surface area contributed by atoms with Gasteiger partial charge in [0.25, 0.3) is 5.91 Å². The number of carbonyl (C=O) groups excluding carboxylic acids is 1. The molecule has 0 saturated heterocycles. The zero-order valence-corrected chi connectivity index (χ0v) is 14.7. The number of carbonyl (C=O) groups is 1. The first-order chi connectivity index (χ1) is 11.0. The molecule has 0 bridgehead atoms. The molecule has 0 aliphatic rings. The summed E-state index contributed by atoms with van der Waals surface area (Å²) < 4.78 is 1.81. The molecule has 0 atom stereocenters. The van der Waals surface area contributed by atoms with Gasteiger partial charge in [0.05, 0.1) is 34.0 Å². The molecular formula is C16H20Cl2N4O. The Balaban J connectivity index is 1.98. The fourth-order valence-electron chi connectivity index (χ4n) is 2.21. The van der Waals surface area contributed by atoms with Crippen molar-refractivity contribution in [2.45, 2.75) is 20.4 Å². The SMILES string of the molecule is CCN(CC)CCn1cc(NC(=O)c2cccc(Cl)c2Cl)cn1. The van der Waals surface area contributed by atoms with E-state index in [1.807, 2.05) is 4.68 Å². The van der Waals surface area contributed by atoms with E-state index in [9.17, 15) is 4.79 Å². The van der Waals surface area contributed by atoms with Gasteiger partial charge in [0.15, 0.2) is 0 Å². The summed E-state index contributed by atoms with van der Waals surface area (Å²) in [6.45, 7) is 7.97. The Kier molecular flexibility index (Phi) is 6.45. The molecule has 0 saturated carbocycles. The van der Waals surface area contributed by atoms with E-state index in [1.54, 1.807) is 30.6 Å². The lowest BCUT2D eigenvalue weighted by Gasteiger charge is -2.17. The number of aromatic nitrogens is 2. The van der Waals surface area contributed by atoms with Crippen molar-refractivity contribution in [3.8, 4) is 0 Å². The summed E-state index contributed by atoms with van der Waals surface area (Å²) in [5, 5.41) is 7.65. The molecule has 1 N–H and O–H groups in total. The topological polar surface area (TPSA) is 50.2 Å². The van der Waals surface area contributed by atoms with Crippen molar-refractivity contribution in [1.82, 2.24) is 14.7 Å². The lowest BCUT2D eigenvalue weighted by atomic mass is 10.2. The van der Waals surface area contributed by atoms with Crippen LogP contribution in [0.15, 0.2) is 30.6 Å². The Hall–Kier alpha value is -1.56. The molecule has 1 aromatic heterocycles. The van der Waals surface area contributed by atoms with Crippen molar-refractivity contribution in [3.63, 3.8) is 0 Å². The van der Waals surface area contributed by atoms with E-state index in [0.29, 0.717) is 16.3 Å². The van der Waals surface area contributed by atoms with Gasteiger partial charge in [-0.1, -0.05) is 43.1 Å². The van der Waals surface area contributed by atoms with E-state index in [-0.39, 0.29) is 10.9 Å². The van der Waals surface area contributed by atoms with E-state index in [2.05, 4.69) is 29.2 Å². The van der Waals surface area contributed by atoms with E-state index >= 15 is 0 Å². The second-order valence-electron chi connectivity index (χ2n) is 5.07. The Morgan fingerprint density at radius 1 is 1.30 bits per heavy atom. The molecule has 124 valence electrons. The second-order valence-corrected chi connectivity index (χ2v) is 5.86. The molecule has 0 spiro atoms. The third-order valence-corrected chi connectivity index (χ3v) is 4.45. The molecule has 2 rings (SSSR count). The Morgan fingerprint density at radius 2 is 2.04 bits per heavy atom. The molecule has 0 radical (unpaired) electrons. The normalized spacial score (nSPS) is 11.0. The average Bonchev–Trinajstić information content (AvgIpc) is 2.98. The molecule has 0 fully saturated rings. The molecule has 2 aromatic rings. The van der Waals surface area contributed by atoms with Gasteiger partial charge in [0.1, 0.15) is 0 Å². The van der Waals surface area contributed by atoms with Crippen LogP contribution in [0.25, 0.3) is 0 Å². The maximum Gasteiger partial charge on any atom is 0.257 e. The monoisotopic (exact) mass is 354 g/mol. The molecule has 1 amide bonds. The number of anilines is 1. The molecule has 0 aliphatic heterocycles. The lowest BCUT2D eigenvalue weighted by molar-refractivity contribution is 0.102. The van der Waals surface area contributed by atoms with Crippen LogP contribution in [0.2, 0.25) is 10.0 Å². The summed E-state index contributed by atoms with van der Waals surface area (Å²) in [5.41, 5.74) is 0.973. The number of rotatable bonds is 7. The third kappa shape index (κ3) is 4.70. The predicted octanol–water partition coefficient (Wildman–Crippen LogP) is 3.78. The van der Waals surface area contributed by atoms with Gasteiger partial charge in [0, 0.05) is 12.7 Å². The van der Waals surface area contributed by atoms with Crippen LogP contribution < -0.4 is 5.32 Å². The largest absolute Gasteiger partial charge is 0.319 e. The van der Waals surface area contributed by atoms with Crippen molar-refractivity contribution in [2.75, 3.05) is 25.0 Å². The van der Waals surface area contributed by atoms with E-state index in [4.69, 9.17) is 23.2 Å². The van der Waals surface area contributed by atoms with Crippen LogP contribution in [0.4, 0.5) is 5.69 Å². The molecule has 1 heterocycles. The van der Waals surface area contributed by atoms with Gasteiger partial charge in [-0.2, -0.15) is 5.10 Å². The van der Waals surface area contributed by atoms with Gasteiger partial charge in [-0.15, -0.1) is 0 Å². The van der Waals surface area contributed by atoms with Crippen LogP contribution in [0.3, 0.4) is 0 Å². The highest BCUT2D eigenvalue weighted by Gasteiger charge is 2.13. The number of benzene rings is 1. The molecule has 23 heavy (non-hydrogen) atoms. The quantitative estimate of drug-likeness (QED) is 0.822. The highest BCUT2D eigenvalue weighted by atomic mass is 35.5. The number of likely N-dealkylation sites (N-methyl/N-ethyl adjacent to an activating group) is 1. The summed E-state index contributed by atoms with van der Waals surface area (Å²) in [7, 11) is 0. The van der Waals surface area contributed by atoms with Gasteiger partial charge >= 0.3 is 0 Å². The number of amides is 1. The number of halogens is 2. The van der Waals surface area contributed by atoms with E-state index in [0.717, 1.165) is 26.2 Å². The second kappa shape index (κ2) is 8.34. The zero-order chi connectivity index (χ0) is 16.8. The molecular weight excluding hydrogens is 335 g/mol. The van der Waals surface area contributed by atoms with Gasteiger partial charge in [-0.25, -0.2) is 0 Å². The Labute approximate surface area is 146 Å². The zero-order valence-electron chi connectivity index (χ0n) is 13.2. The van der Waals surface area contributed by atoms with Crippen molar-refractivity contribution in [2.24, 2.45) is 0 Å². The fraction of sp³-hybridized carbons (Fsp3) is 0.375. The van der Waals surface area contributed by atoms with Gasteiger partial charge in [-0.3, -0.25) is 9.48 Å². The van der Waals surface area contributed by atoms with Gasteiger partial charge < -0.3 is 10.2 Å². The Bertz CT molecular complexity index is 668. The lowest BCUT2D eigenvalue weighted by Crippen LogP contribution is -2.27. The van der Waals surface area contributed by atoms with Crippen molar-refractivity contribution >= 4 is 34.8 Å². The van der Waals surface area contributed by atoms with E-state index in [1.165, 1.54) is 0 Å². The maximum atomic E-state index is 12.3. The minimum atomic E-state index is -0.305. The first-order valence-corrected chi connectivity index (χ1v) is 8.30. The predicted molar refractivity (Wildman–Crippen MR) is 94.4 cm³/mol. The standard InChI is InChI=1S/C16H20Cl2N4O/c1-3-21(4-2)8-9-22-11-12(10-19-22)20-16(23)13-6-5-7-14(17)15(13)18/h5-7,10-11H,3-4,8-9H2,1-2H3,(H,20,23). The number of hydrogen-bond acceptors (Lipinski definition) is 3. The first kappa shape index (κ1) is 17.8. The summed E-state index contributed by atoms with van der Waals surface area (Å²) >= 11 is 12.0. The molecule has 1 aromatic carbocycles. The highest BCUT2D eigenvalue weighted by molar-refractivity contribution is 6.44. The van der Waals surface area contributed by atoms with Crippen LogP contribution in [-0.4, -0.2) is 40.2 Å². The third-order valence-electron chi connectivity index (χ3n) is 3.63. The van der Waals surface area contributed by atoms with Crippen LogP contribution in [0, 0.1) is 0 Å². The molecule has 0 unspecified atom stereocenters. The molecule has 0 aliphatic carbocycles. The van der Waals surface area contributed by atoms with Crippen LogP contribution in [-0.2, 0) is 6.54 Å². The molecule has 5 nitrogen and oxygen atoms in total. The van der Waals surface area contributed by atoms with Crippen molar-refractivity contribution in [3.05, 3.63) is 46.2 Å². The van der Waals surface area contributed by atoms with Crippen LogP contribution in [0.5, 0.6) is 0 Å². The van der Waals surface area contributed by atoms with Gasteiger partial charge in [0.2, 0.25) is 0 Å². The number of hydrogen-bond donors (Lipinski definition) is 1. The average molecular weight is 355 g/mol. The summed E-state index contributed by atoms with van der Waals surface area (Å²) in [6, 6.07) is 4.97. The summed E-state index contributed by atoms with van der Waals surface area (Å²) in [5.74, 6) is -0.305. The minimum absolute atomic E-state index is 0.251. The van der Waals surface area contributed by atoms with E-state index < -0.39 is 0 Å². The summed E-state index contributed by atoms with van der Waals surface area (Å²) in [6.07, 6.45) is 3.43. The molecule has 7 heteroatoms. The fourth-order valence-corrected chi connectivity index (χ4v) is 2.60. The minimum Gasteiger partial charge on any atom is -0.319 e. The van der Waals surface area contributed by atoms with Crippen LogP contribution >= 0.6 is 23.2 Å². The maximum absolute atomic E-state index is 12.3. The van der Waals surface area contributed by atoms with Crippen LogP contribution in [0.1, 0.15) is 24.2 Å². The number of nitrogens with zero attached hydrogens (tertiary/aromatic N) is 3. The highest BCUT2D eigenvalue weighted by Crippen LogP contribution is 2.26. The van der Waals surface area contributed by atoms with Gasteiger partial charge in [-0.05, 0) is 25.2 Å². The summed E-state index contributed by atoms with van der Waals surface area (Å²) in [4.78, 5) is 14.6. The number of nitrogens with one attached hydrogen (secondary N) is 1. The first-order valence-electron chi connectivity index (χ1n) is 7.55. The smallest absolute Gasteiger partial charge is 0.257 e. The van der Waals surface area contributed by atoms with Crippen molar-refractivity contribution < 1.29 is 4.79 Å². The van der Waals surface area contributed by atoms with Crippen molar-refractivity contribution in [1.29, 1.82) is 0 Å².